The molecular weight excluding hydrogens is 452 g/mol. The van der Waals surface area contributed by atoms with Crippen molar-refractivity contribution in [2.75, 3.05) is 13.7 Å². The van der Waals surface area contributed by atoms with Gasteiger partial charge in [-0.3, -0.25) is 4.79 Å². The van der Waals surface area contributed by atoms with Crippen LogP contribution in [-0.4, -0.2) is 35.4 Å². The van der Waals surface area contributed by atoms with Crippen molar-refractivity contribution in [3.63, 3.8) is 0 Å². The van der Waals surface area contributed by atoms with Gasteiger partial charge in [0, 0.05) is 29.2 Å². The maximum atomic E-state index is 12.5. The van der Waals surface area contributed by atoms with E-state index >= 15 is 0 Å². The Morgan fingerprint density at radius 1 is 1.03 bits per heavy atom. The minimum atomic E-state index is -0.568. The van der Waals surface area contributed by atoms with Crippen LogP contribution < -0.4 is 0 Å². The first-order valence-corrected chi connectivity index (χ1v) is 10.5. The SMILES string of the molecule is CN(Cc1ccc(Br)cc1)C(=O)COC(=O)c1cccnc1Sc1ccccc1. The van der Waals surface area contributed by atoms with Gasteiger partial charge in [0.1, 0.15) is 5.03 Å². The molecule has 0 saturated carbocycles. The highest BCUT2D eigenvalue weighted by Gasteiger charge is 2.18. The summed E-state index contributed by atoms with van der Waals surface area (Å²) in [6.45, 7) is 0.113. The Hall–Kier alpha value is -2.64. The molecule has 1 heterocycles. The number of likely N-dealkylation sites (N-methyl/N-ethyl adjacent to an activating group) is 1. The normalized spacial score (nSPS) is 10.4. The van der Waals surface area contributed by atoms with E-state index in [4.69, 9.17) is 4.74 Å². The van der Waals surface area contributed by atoms with Gasteiger partial charge in [-0.25, -0.2) is 9.78 Å². The molecule has 0 saturated heterocycles. The zero-order valence-corrected chi connectivity index (χ0v) is 18.2. The molecule has 3 rings (SSSR count). The molecule has 148 valence electrons. The molecule has 29 heavy (non-hydrogen) atoms. The summed E-state index contributed by atoms with van der Waals surface area (Å²) in [6.07, 6.45) is 1.62. The standard InChI is InChI=1S/C22H19BrN2O3S/c1-25(14-16-9-11-17(23)12-10-16)20(26)15-28-22(27)19-8-5-13-24-21(19)29-18-6-3-2-4-7-18/h2-13H,14-15H2,1H3. The van der Waals surface area contributed by atoms with Crippen LogP contribution in [0.15, 0.2) is 87.3 Å². The van der Waals surface area contributed by atoms with Gasteiger partial charge in [0.25, 0.3) is 5.91 Å². The first-order valence-electron chi connectivity index (χ1n) is 8.86. The third kappa shape index (κ3) is 6.17. The lowest BCUT2D eigenvalue weighted by atomic mass is 10.2. The molecule has 0 atom stereocenters. The van der Waals surface area contributed by atoms with Crippen molar-refractivity contribution in [3.05, 3.63) is 88.5 Å². The molecule has 0 unspecified atom stereocenters. The molecule has 0 radical (unpaired) electrons. The van der Waals surface area contributed by atoms with Crippen molar-refractivity contribution >= 4 is 39.6 Å². The van der Waals surface area contributed by atoms with Crippen LogP contribution >= 0.6 is 27.7 Å². The number of nitrogens with zero attached hydrogens (tertiary/aromatic N) is 2. The predicted molar refractivity (Wildman–Crippen MR) is 116 cm³/mol. The summed E-state index contributed by atoms with van der Waals surface area (Å²) in [5.41, 5.74) is 1.33. The van der Waals surface area contributed by atoms with E-state index in [2.05, 4.69) is 20.9 Å². The Morgan fingerprint density at radius 2 is 1.76 bits per heavy atom. The molecule has 0 aliphatic carbocycles. The van der Waals surface area contributed by atoms with Crippen LogP contribution in [-0.2, 0) is 16.1 Å². The van der Waals surface area contributed by atoms with Crippen molar-refractivity contribution in [1.29, 1.82) is 0 Å². The van der Waals surface area contributed by atoms with Gasteiger partial charge < -0.3 is 9.64 Å². The first-order chi connectivity index (χ1) is 14.0. The van der Waals surface area contributed by atoms with Gasteiger partial charge in [0.2, 0.25) is 0 Å². The number of carbonyl (C=O) groups is 2. The number of carbonyl (C=O) groups excluding carboxylic acids is 2. The number of ether oxygens (including phenoxy) is 1. The van der Waals surface area contributed by atoms with Gasteiger partial charge in [-0.1, -0.05) is 58.0 Å². The van der Waals surface area contributed by atoms with E-state index in [1.807, 2.05) is 54.6 Å². The first kappa shape index (κ1) is 21.1. The van der Waals surface area contributed by atoms with Gasteiger partial charge in [-0.2, -0.15) is 0 Å². The summed E-state index contributed by atoms with van der Waals surface area (Å²) in [5.74, 6) is -0.843. The number of benzene rings is 2. The lowest BCUT2D eigenvalue weighted by Gasteiger charge is -2.17. The third-order valence-corrected chi connectivity index (χ3v) is 5.59. The quantitative estimate of drug-likeness (QED) is 0.463. The summed E-state index contributed by atoms with van der Waals surface area (Å²) < 4.78 is 6.23. The van der Waals surface area contributed by atoms with E-state index in [0.717, 1.165) is 14.9 Å². The van der Waals surface area contributed by atoms with Crippen LogP contribution in [0.2, 0.25) is 0 Å². The zero-order valence-electron chi connectivity index (χ0n) is 15.7. The minimum Gasteiger partial charge on any atom is -0.452 e. The molecule has 1 aromatic heterocycles. The van der Waals surface area contributed by atoms with E-state index < -0.39 is 5.97 Å². The number of halogens is 1. The predicted octanol–water partition coefficient (Wildman–Crippen LogP) is 4.81. The van der Waals surface area contributed by atoms with Crippen LogP contribution in [0.1, 0.15) is 15.9 Å². The van der Waals surface area contributed by atoms with E-state index in [1.165, 1.54) is 16.7 Å². The van der Waals surface area contributed by atoms with Crippen LogP contribution in [0, 0.1) is 0 Å². The van der Waals surface area contributed by atoms with Crippen molar-refractivity contribution < 1.29 is 14.3 Å². The fourth-order valence-electron chi connectivity index (χ4n) is 2.49. The zero-order chi connectivity index (χ0) is 20.6. The van der Waals surface area contributed by atoms with Gasteiger partial charge >= 0.3 is 5.97 Å². The average Bonchev–Trinajstić information content (AvgIpc) is 2.74. The molecule has 0 bridgehead atoms. The monoisotopic (exact) mass is 470 g/mol. The van der Waals surface area contributed by atoms with E-state index in [-0.39, 0.29) is 12.5 Å². The number of aromatic nitrogens is 1. The van der Waals surface area contributed by atoms with E-state index in [0.29, 0.717) is 17.1 Å². The molecule has 1 amide bonds. The Labute approximate surface area is 182 Å². The van der Waals surface area contributed by atoms with Crippen LogP contribution in [0.5, 0.6) is 0 Å². The number of pyridine rings is 1. The second kappa shape index (κ2) is 10.2. The maximum Gasteiger partial charge on any atom is 0.341 e. The summed E-state index contributed by atoms with van der Waals surface area (Å²) in [6, 6.07) is 20.7. The smallest absolute Gasteiger partial charge is 0.341 e. The number of esters is 1. The molecule has 0 fully saturated rings. The molecule has 0 spiro atoms. The highest BCUT2D eigenvalue weighted by molar-refractivity contribution is 9.10. The molecule has 0 aliphatic rings. The Bertz CT molecular complexity index is 981. The summed E-state index contributed by atoms with van der Waals surface area (Å²) in [5, 5.41) is 0.541. The largest absolute Gasteiger partial charge is 0.452 e. The van der Waals surface area contributed by atoms with Crippen molar-refractivity contribution in [2.24, 2.45) is 0 Å². The average molecular weight is 471 g/mol. The number of hydrogen-bond donors (Lipinski definition) is 0. The molecule has 7 heteroatoms. The topological polar surface area (TPSA) is 59.5 Å². The van der Waals surface area contributed by atoms with Crippen LogP contribution in [0.3, 0.4) is 0 Å². The molecular formula is C22H19BrN2O3S. The molecule has 2 aromatic carbocycles. The van der Waals surface area contributed by atoms with Gasteiger partial charge in [0.15, 0.2) is 6.61 Å². The van der Waals surface area contributed by atoms with Gasteiger partial charge in [-0.15, -0.1) is 0 Å². The maximum absolute atomic E-state index is 12.5. The van der Waals surface area contributed by atoms with Crippen LogP contribution in [0.4, 0.5) is 0 Å². The Balaban J connectivity index is 1.59. The summed E-state index contributed by atoms with van der Waals surface area (Å²) in [4.78, 5) is 31.6. The van der Waals surface area contributed by atoms with Crippen molar-refractivity contribution in [3.8, 4) is 0 Å². The van der Waals surface area contributed by atoms with Gasteiger partial charge in [-0.05, 0) is 42.0 Å². The Morgan fingerprint density at radius 3 is 2.48 bits per heavy atom. The van der Waals surface area contributed by atoms with E-state index in [9.17, 15) is 9.59 Å². The van der Waals surface area contributed by atoms with Crippen molar-refractivity contribution in [1.82, 2.24) is 9.88 Å². The molecule has 0 aliphatic heterocycles. The van der Waals surface area contributed by atoms with E-state index in [1.54, 1.807) is 25.4 Å². The lowest BCUT2D eigenvalue weighted by Crippen LogP contribution is -2.30. The van der Waals surface area contributed by atoms with Gasteiger partial charge in [0.05, 0.1) is 5.56 Å². The fraction of sp³-hybridized carbons (Fsp3) is 0.136. The Kier molecular flexibility index (Phi) is 7.43. The number of hydrogen-bond acceptors (Lipinski definition) is 5. The number of amides is 1. The molecule has 3 aromatic rings. The highest BCUT2D eigenvalue weighted by atomic mass is 79.9. The third-order valence-electron chi connectivity index (χ3n) is 4.03. The van der Waals surface area contributed by atoms with Crippen LogP contribution in [0.25, 0.3) is 0 Å². The second-order valence-corrected chi connectivity index (χ2v) is 8.20. The summed E-state index contributed by atoms with van der Waals surface area (Å²) in [7, 11) is 1.68. The second-order valence-electron chi connectivity index (χ2n) is 6.22. The number of rotatable bonds is 7. The van der Waals surface area contributed by atoms with Crippen molar-refractivity contribution in [2.45, 2.75) is 16.5 Å². The lowest BCUT2D eigenvalue weighted by molar-refractivity contribution is -0.133. The molecule has 0 N–H and O–H groups in total. The minimum absolute atomic E-state index is 0.276. The molecule has 5 nitrogen and oxygen atoms in total. The highest BCUT2D eigenvalue weighted by Crippen LogP contribution is 2.28. The fourth-order valence-corrected chi connectivity index (χ4v) is 3.65. The summed E-state index contributed by atoms with van der Waals surface area (Å²) >= 11 is 4.76.